The Morgan fingerprint density at radius 2 is 2.00 bits per heavy atom. The number of anilines is 3. The van der Waals surface area contributed by atoms with E-state index >= 15 is 0 Å². The molecule has 0 aliphatic heterocycles. The summed E-state index contributed by atoms with van der Waals surface area (Å²) in [7, 11) is 1.86. The van der Waals surface area contributed by atoms with Gasteiger partial charge < -0.3 is 26.4 Å². The molecule has 7 heteroatoms. The van der Waals surface area contributed by atoms with Crippen molar-refractivity contribution >= 4 is 17.5 Å². The molecule has 1 aromatic heterocycles. The maximum absolute atomic E-state index is 9.45. The van der Waals surface area contributed by atoms with Crippen molar-refractivity contribution in [1.29, 1.82) is 0 Å². The molecule has 0 amide bonds. The van der Waals surface area contributed by atoms with Crippen molar-refractivity contribution in [3.05, 3.63) is 6.20 Å². The third kappa shape index (κ3) is 5.79. The number of nitrogens with two attached hydrogens (primary N) is 1. The molecule has 1 heterocycles. The SMILES string of the molecule is CC.CNCN(c1nc(NC2CCCCC2)ncc1N)C(C)CO. The summed E-state index contributed by atoms with van der Waals surface area (Å²) in [5.74, 6) is 1.27. The standard InChI is InChI=1S/C15H28N6O.C2H6/c1-11(9-22)21(10-17-2)14-13(16)8-18-15(20-14)19-12-6-4-3-5-7-12;1-2/h8,11-12,17,22H,3-7,9-10,16H2,1-2H3,(H,18,19,20);1-2H3. The molecule has 1 fully saturated rings. The molecule has 2 rings (SSSR count). The summed E-state index contributed by atoms with van der Waals surface area (Å²) in [4.78, 5) is 10.8. The molecule has 1 unspecified atom stereocenters. The molecule has 1 aliphatic rings. The van der Waals surface area contributed by atoms with Crippen LogP contribution in [0, 0.1) is 0 Å². The first-order valence-electron chi connectivity index (χ1n) is 9.06. The Bertz CT molecular complexity index is 464. The fourth-order valence-electron chi connectivity index (χ4n) is 2.82. The van der Waals surface area contributed by atoms with E-state index in [-0.39, 0.29) is 12.6 Å². The zero-order valence-corrected chi connectivity index (χ0v) is 15.5. The van der Waals surface area contributed by atoms with Crippen LogP contribution in [0.2, 0.25) is 0 Å². The highest BCUT2D eigenvalue weighted by molar-refractivity contribution is 5.63. The lowest BCUT2D eigenvalue weighted by atomic mass is 9.96. The predicted molar refractivity (Wildman–Crippen MR) is 101 cm³/mol. The smallest absolute Gasteiger partial charge is 0.224 e. The van der Waals surface area contributed by atoms with E-state index in [4.69, 9.17) is 5.73 Å². The van der Waals surface area contributed by atoms with E-state index in [0.29, 0.717) is 30.2 Å². The lowest BCUT2D eigenvalue weighted by molar-refractivity contribution is 0.265. The van der Waals surface area contributed by atoms with E-state index in [1.165, 1.54) is 19.3 Å². The molecule has 1 atom stereocenters. The molecular weight excluding hydrogens is 304 g/mol. The van der Waals surface area contributed by atoms with Crippen LogP contribution in [0.1, 0.15) is 52.9 Å². The number of nitrogen functional groups attached to an aromatic ring is 1. The van der Waals surface area contributed by atoms with Crippen molar-refractivity contribution < 1.29 is 5.11 Å². The minimum Gasteiger partial charge on any atom is -0.394 e. The summed E-state index contributed by atoms with van der Waals surface area (Å²) in [6.45, 7) is 6.54. The average Bonchev–Trinajstić information content (AvgIpc) is 2.63. The highest BCUT2D eigenvalue weighted by Crippen LogP contribution is 2.25. The number of hydrogen-bond donors (Lipinski definition) is 4. The zero-order chi connectivity index (χ0) is 17.9. The first-order valence-corrected chi connectivity index (χ1v) is 9.06. The van der Waals surface area contributed by atoms with Crippen LogP contribution in [0.25, 0.3) is 0 Å². The summed E-state index contributed by atoms with van der Waals surface area (Å²) in [6.07, 6.45) is 7.79. The number of aromatic nitrogens is 2. The normalized spacial score (nSPS) is 16.0. The van der Waals surface area contributed by atoms with Gasteiger partial charge in [-0.05, 0) is 26.8 Å². The number of rotatable bonds is 7. The third-order valence-corrected chi connectivity index (χ3v) is 4.13. The molecule has 1 aromatic rings. The van der Waals surface area contributed by atoms with Crippen molar-refractivity contribution in [2.75, 3.05) is 36.3 Å². The number of aliphatic hydroxyl groups is 1. The van der Waals surface area contributed by atoms with Crippen molar-refractivity contribution in [2.45, 2.75) is 65.0 Å². The van der Waals surface area contributed by atoms with Crippen LogP contribution in [0.3, 0.4) is 0 Å². The van der Waals surface area contributed by atoms with Gasteiger partial charge in [-0.15, -0.1) is 0 Å². The quantitative estimate of drug-likeness (QED) is 0.566. The summed E-state index contributed by atoms with van der Waals surface area (Å²) >= 11 is 0. The monoisotopic (exact) mass is 338 g/mol. The van der Waals surface area contributed by atoms with Crippen LogP contribution < -0.4 is 21.3 Å². The highest BCUT2D eigenvalue weighted by atomic mass is 16.3. The van der Waals surface area contributed by atoms with E-state index in [9.17, 15) is 5.11 Å². The minimum absolute atomic E-state index is 0.0382. The van der Waals surface area contributed by atoms with E-state index < -0.39 is 0 Å². The molecule has 7 nitrogen and oxygen atoms in total. The Morgan fingerprint density at radius 1 is 1.33 bits per heavy atom. The maximum Gasteiger partial charge on any atom is 0.224 e. The molecule has 0 radical (unpaired) electrons. The van der Waals surface area contributed by atoms with E-state index in [1.807, 2.05) is 32.7 Å². The second-order valence-corrected chi connectivity index (χ2v) is 5.96. The Hall–Kier alpha value is -1.60. The number of nitrogens with one attached hydrogen (secondary N) is 2. The van der Waals surface area contributed by atoms with Crippen molar-refractivity contribution in [3.8, 4) is 0 Å². The summed E-state index contributed by atoms with van der Waals surface area (Å²) < 4.78 is 0. The van der Waals surface area contributed by atoms with E-state index in [2.05, 4.69) is 20.6 Å². The van der Waals surface area contributed by atoms with Gasteiger partial charge >= 0.3 is 0 Å². The average molecular weight is 339 g/mol. The van der Waals surface area contributed by atoms with Gasteiger partial charge in [0.25, 0.3) is 0 Å². The Morgan fingerprint density at radius 3 is 2.58 bits per heavy atom. The Kier molecular flexibility index (Phi) is 9.41. The van der Waals surface area contributed by atoms with Gasteiger partial charge in [0, 0.05) is 6.04 Å². The first kappa shape index (κ1) is 20.4. The van der Waals surface area contributed by atoms with Gasteiger partial charge in [-0.25, -0.2) is 4.98 Å². The van der Waals surface area contributed by atoms with Gasteiger partial charge in [0.1, 0.15) is 0 Å². The molecule has 1 saturated carbocycles. The van der Waals surface area contributed by atoms with Gasteiger partial charge in [0.05, 0.1) is 31.2 Å². The lowest BCUT2D eigenvalue weighted by Crippen LogP contribution is -2.42. The maximum atomic E-state index is 9.45. The molecule has 0 spiro atoms. The fraction of sp³-hybridized carbons (Fsp3) is 0.765. The third-order valence-electron chi connectivity index (χ3n) is 4.13. The predicted octanol–water partition coefficient (Wildman–Crippen LogP) is 2.19. The molecule has 1 aliphatic carbocycles. The van der Waals surface area contributed by atoms with Gasteiger partial charge in [0.15, 0.2) is 5.82 Å². The van der Waals surface area contributed by atoms with Crippen LogP contribution in [-0.4, -0.2) is 47.5 Å². The highest BCUT2D eigenvalue weighted by Gasteiger charge is 2.19. The first-order chi connectivity index (χ1) is 11.7. The number of hydrogen-bond acceptors (Lipinski definition) is 7. The van der Waals surface area contributed by atoms with E-state index in [0.717, 1.165) is 12.8 Å². The van der Waals surface area contributed by atoms with Gasteiger partial charge in [0.2, 0.25) is 5.95 Å². The van der Waals surface area contributed by atoms with Gasteiger partial charge in [-0.2, -0.15) is 4.98 Å². The minimum atomic E-state index is -0.0767. The molecule has 0 saturated heterocycles. The van der Waals surface area contributed by atoms with Crippen molar-refractivity contribution in [1.82, 2.24) is 15.3 Å². The van der Waals surface area contributed by atoms with Crippen molar-refractivity contribution in [2.24, 2.45) is 0 Å². The molecule has 0 aromatic carbocycles. The summed E-state index contributed by atoms with van der Waals surface area (Å²) in [6, 6.07) is 0.366. The lowest BCUT2D eigenvalue weighted by Gasteiger charge is -2.30. The Labute approximate surface area is 146 Å². The second kappa shape index (κ2) is 11.0. The number of nitrogens with zero attached hydrogens (tertiary/aromatic N) is 3. The van der Waals surface area contributed by atoms with Gasteiger partial charge in [-0.1, -0.05) is 33.1 Å². The van der Waals surface area contributed by atoms with Gasteiger partial charge in [-0.3, -0.25) is 0 Å². The topological polar surface area (TPSA) is 99.3 Å². The Balaban J connectivity index is 0.00000139. The largest absolute Gasteiger partial charge is 0.394 e. The number of aliphatic hydroxyl groups excluding tert-OH is 1. The van der Waals surface area contributed by atoms with Crippen LogP contribution in [0.15, 0.2) is 6.20 Å². The zero-order valence-electron chi connectivity index (χ0n) is 15.5. The molecule has 5 N–H and O–H groups in total. The van der Waals surface area contributed by atoms with E-state index in [1.54, 1.807) is 6.20 Å². The molecule has 138 valence electrons. The summed E-state index contributed by atoms with van der Waals surface area (Å²) in [5.41, 5.74) is 6.56. The molecule has 0 bridgehead atoms. The summed E-state index contributed by atoms with van der Waals surface area (Å²) in [5, 5.41) is 15.9. The second-order valence-electron chi connectivity index (χ2n) is 5.96. The van der Waals surface area contributed by atoms with Crippen LogP contribution in [0.4, 0.5) is 17.5 Å². The van der Waals surface area contributed by atoms with Crippen LogP contribution >= 0.6 is 0 Å². The molecule has 24 heavy (non-hydrogen) atoms. The van der Waals surface area contributed by atoms with Crippen molar-refractivity contribution in [3.63, 3.8) is 0 Å². The van der Waals surface area contributed by atoms with Crippen LogP contribution in [-0.2, 0) is 0 Å². The van der Waals surface area contributed by atoms with Crippen LogP contribution in [0.5, 0.6) is 0 Å². The molecular formula is C17H34N6O. The fourth-order valence-corrected chi connectivity index (χ4v) is 2.82.